The molecule has 0 bridgehead atoms. The molecule has 0 aromatic carbocycles. The van der Waals surface area contributed by atoms with E-state index in [1.165, 1.54) is 10.9 Å². The Hall–Kier alpha value is -3.47. The number of ether oxygens (including phenoxy) is 1. The topological polar surface area (TPSA) is 110 Å². The van der Waals surface area contributed by atoms with Gasteiger partial charge in [0.15, 0.2) is 5.65 Å². The van der Waals surface area contributed by atoms with Gasteiger partial charge in [0.25, 0.3) is 11.8 Å². The van der Waals surface area contributed by atoms with Crippen LogP contribution >= 0.6 is 0 Å². The van der Waals surface area contributed by atoms with Crippen molar-refractivity contribution in [2.24, 2.45) is 7.05 Å². The normalized spacial score (nSPS) is 18.3. The first-order valence-corrected chi connectivity index (χ1v) is 10.7. The van der Waals surface area contributed by atoms with E-state index in [4.69, 9.17) is 4.74 Å². The number of pyridine rings is 1. The first-order chi connectivity index (χ1) is 15.4. The summed E-state index contributed by atoms with van der Waals surface area (Å²) >= 11 is 0. The minimum Gasteiger partial charge on any atom is -0.380 e. The van der Waals surface area contributed by atoms with Crippen LogP contribution in [0, 0.1) is 0 Å². The quantitative estimate of drug-likeness (QED) is 0.615. The van der Waals surface area contributed by atoms with Crippen LogP contribution < -0.4 is 10.2 Å². The lowest BCUT2D eigenvalue weighted by molar-refractivity contribution is 0.0779. The summed E-state index contributed by atoms with van der Waals surface area (Å²) < 4.78 is 8.48. The van der Waals surface area contributed by atoms with Gasteiger partial charge in [-0.2, -0.15) is 10.1 Å². The third-order valence-corrected chi connectivity index (χ3v) is 6.14. The summed E-state index contributed by atoms with van der Waals surface area (Å²) in [7, 11) is 5.13. The Labute approximate surface area is 184 Å². The molecule has 1 N–H and O–H groups in total. The highest BCUT2D eigenvalue weighted by Gasteiger charge is 2.33. The van der Waals surface area contributed by atoms with Crippen molar-refractivity contribution in [2.75, 3.05) is 37.5 Å². The molecule has 1 aliphatic heterocycles. The molecule has 3 aromatic heterocycles. The molecule has 5 rings (SSSR count). The second-order valence-corrected chi connectivity index (χ2v) is 8.36. The van der Waals surface area contributed by atoms with Crippen LogP contribution in [0.25, 0.3) is 5.65 Å². The molecule has 11 heteroatoms. The molecule has 0 radical (unpaired) electrons. The molecule has 1 aliphatic carbocycles. The van der Waals surface area contributed by atoms with Crippen molar-refractivity contribution in [1.29, 1.82) is 0 Å². The fraction of sp³-hybridized carbons (Fsp3) is 0.476. The van der Waals surface area contributed by atoms with Crippen LogP contribution in [-0.2, 0) is 11.8 Å². The molecule has 168 valence electrons. The number of aryl methyl sites for hydroxylation is 1. The maximum atomic E-state index is 13.0. The number of carbonyl (C=O) groups is 2. The molecule has 3 aromatic rings. The molecular formula is C21H26N8O3. The first kappa shape index (κ1) is 20.4. The molecule has 2 aliphatic rings. The summed E-state index contributed by atoms with van der Waals surface area (Å²) in [5, 5.41) is 11.5. The van der Waals surface area contributed by atoms with E-state index in [0.717, 1.165) is 32.4 Å². The maximum Gasteiger partial charge on any atom is 0.274 e. The summed E-state index contributed by atoms with van der Waals surface area (Å²) in [6.45, 7) is 1.59. The van der Waals surface area contributed by atoms with Gasteiger partial charge >= 0.3 is 0 Å². The number of nitrogens with one attached hydrogen (secondary N) is 1. The average molecular weight is 438 g/mol. The zero-order chi connectivity index (χ0) is 22.4. The van der Waals surface area contributed by atoms with Gasteiger partial charge in [-0.05, 0) is 31.4 Å². The third kappa shape index (κ3) is 3.68. The highest BCUT2D eigenvalue weighted by Crippen LogP contribution is 2.27. The molecule has 0 spiro atoms. The highest BCUT2D eigenvalue weighted by atomic mass is 16.5. The van der Waals surface area contributed by atoms with Crippen LogP contribution in [0.3, 0.4) is 0 Å². The lowest BCUT2D eigenvalue weighted by Gasteiger charge is -2.16. The van der Waals surface area contributed by atoms with Gasteiger partial charge in [0.2, 0.25) is 5.95 Å². The van der Waals surface area contributed by atoms with Crippen molar-refractivity contribution in [2.45, 2.75) is 31.4 Å². The standard InChI is InChI=1S/C21H26N8O3/c1-26(14-5-6-14)20(31)16-10-22-27(2)18(16)19(30)23-13-4-7-17-24-21(25-29(17)11-13)28-9-8-15(12-28)32-3/h4,7,10-11,14-15H,5-6,8-9,12H2,1-3H3,(H,23,30). The summed E-state index contributed by atoms with van der Waals surface area (Å²) in [5.74, 6) is 0.0393. The van der Waals surface area contributed by atoms with E-state index >= 15 is 0 Å². The molecule has 32 heavy (non-hydrogen) atoms. The number of hydrogen-bond acceptors (Lipinski definition) is 7. The van der Waals surface area contributed by atoms with Gasteiger partial charge in [-0.3, -0.25) is 14.3 Å². The van der Waals surface area contributed by atoms with Gasteiger partial charge in [0.1, 0.15) is 5.69 Å². The Kier molecular flexibility index (Phi) is 5.04. The summed E-state index contributed by atoms with van der Waals surface area (Å²) in [6, 6.07) is 3.81. The van der Waals surface area contributed by atoms with Gasteiger partial charge in [-0.1, -0.05) is 0 Å². The number of fused-ring (bicyclic) bond motifs is 1. The molecule has 1 saturated heterocycles. The van der Waals surface area contributed by atoms with Gasteiger partial charge in [0.05, 0.1) is 29.7 Å². The lowest BCUT2D eigenvalue weighted by Crippen LogP contribution is -2.30. The van der Waals surface area contributed by atoms with Crippen molar-refractivity contribution in [3.63, 3.8) is 0 Å². The Morgan fingerprint density at radius 2 is 2.06 bits per heavy atom. The molecule has 1 atom stereocenters. The Balaban J connectivity index is 1.35. The van der Waals surface area contributed by atoms with Crippen molar-refractivity contribution in [1.82, 2.24) is 29.3 Å². The number of anilines is 2. The van der Waals surface area contributed by atoms with E-state index in [0.29, 0.717) is 22.8 Å². The average Bonchev–Trinajstić information content (AvgIpc) is 3.20. The van der Waals surface area contributed by atoms with Crippen molar-refractivity contribution < 1.29 is 14.3 Å². The Bertz CT molecular complexity index is 1180. The second-order valence-electron chi connectivity index (χ2n) is 8.36. The predicted octanol–water partition coefficient (Wildman–Crippen LogP) is 1.17. The minimum absolute atomic E-state index is 0.186. The summed E-state index contributed by atoms with van der Waals surface area (Å²) in [5.41, 5.74) is 1.75. The molecule has 11 nitrogen and oxygen atoms in total. The number of hydrogen-bond donors (Lipinski definition) is 1. The van der Waals surface area contributed by atoms with Crippen molar-refractivity contribution in [3.8, 4) is 0 Å². The zero-order valence-electron chi connectivity index (χ0n) is 18.4. The van der Waals surface area contributed by atoms with Crippen molar-refractivity contribution in [3.05, 3.63) is 35.8 Å². The first-order valence-electron chi connectivity index (χ1n) is 10.7. The highest BCUT2D eigenvalue weighted by molar-refractivity contribution is 6.11. The zero-order valence-corrected chi connectivity index (χ0v) is 18.4. The van der Waals surface area contributed by atoms with Crippen molar-refractivity contribution >= 4 is 29.1 Å². The fourth-order valence-corrected chi connectivity index (χ4v) is 4.05. The molecule has 1 unspecified atom stereocenters. The predicted molar refractivity (Wildman–Crippen MR) is 117 cm³/mol. The smallest absolute Gasteiger partial charge is 0.274 e. The van der Waals surface area contributed by atoms with E-state index in [1.54, 1.807) is 49.0 Å². The molecule has 1 saturated carbocycles. The summed E-state index contributed by atoms with van der Waals surface area (Å²) in [4.78, 5) is 34.2. The van der Waals surface area contributed by atoms with Crippen LogP contribution in [0.15, 0.2) is 24.5 Å². The van der Waals surface area contributed by atoms with E-state index in [-0.39, 0.29) is 23.7 Å². The van der Waals surface area contributed by atoms with E-state index < -0.39 is 5.91 Å². The maximum absolute atomic E-state index is 13.0. The Morgan fingerprint density at radius 3 is 2.78 bits per heavy atom. The SMILES string of the molecule is COC1CCN(c2nc3ccc(NC(=O)c4c(C(=O)N(C)C5CC5)cnn4C)cn3n2)C1. The van der Waals surface area contributed by atoms with Gasteiger partial charge in [-0.15, -0.1) is 5.10 Å². The van der Waals surface area contributed by atoms with Gasteiger partial charge < -0.3 is 19.9 Å². The number of amides is 2. The molecule has 2 fully saturated rings. The van der Waals surface area contributed by atoms with E-state index in [1.807, 2.05) is 0 Å². The fourth-order valence-electron chi connectivity index (χ4n) is 4.05. The molecule has 4 heterocycles. The number of rotatable bonds is 6. The van der Waals surface area contributed by atoms with Crippen LogP contribution in [0.4, 0.5) is 11.6 Å². The number of nitrogens with zero attached hydrogens (tertiary/aromatic N) is 7. The van der Waals surface area contributed by atoms with Crippen LogP contribution in [-0.4, -0.2) is 80.5 Å². The molecular weight excluding hydrogens is 412 g/mol. The Morgan fingerprint density at radius 1 is 1.25 bits per heavy atom. The van der Waals surface area contributed by atoms with Gasteiger partial charge in [-0.25, -0.2) is 4.52 Å². The van der Waals surface area contributed by atoms with Crippen LogP contribution in [0.5, 0.6) is 0 Å². The van der Waals surface area contributed by atoms with Crippen LogP contribution in [0.2, 0.25) is 0 Å². The largest absolute Gasteiger partial charge is 0.380 e. The van der Waals surface area contributed by atoms with Gasteiger partial charge in [0, 0.05) is 40.3 Å². The monoisotopic (exact) mass is 438 g/mol. The number of carbonyl (C=O) groups excluding carboxylic acids is 2. The number of methoxy groups -OCH3 is 1. The van der Waals surface area contributed by atoms with E-state index in [2.05, 4.69) is 25.4 Å². The number of aromatic nitrogens is 5. The second kappa shape index (κ2) is 7.90. The third-order valence-electron chi connectivity index (χ3n) is 6.14. The lowest BCUT2D eigenvalue weighted by atomic mass is 10.2. The van der Waals surface area contributed by atoms with Crippen LogP contribution in [0.1, 0.15) is 40.1 Å². The molecule has 2 amide bonds. The minimum atomic E-state index is -0.403. The van der Waals surface area contributed by atoms with E-state index in [9.17, 15) is 9.59 Å². The summed E-state index contributed by atoms with van der Waals surface area (Å²) in [6.07, 6.45) is 6.27.